The van der Waals surface area contributed by atoms with E-state index < -0.39 is 5.97 Å². The molecule has 0 aliphatic carbocycles. The number of carbonyl (C=O) groups is 1. The second-order valence-corrected chi connectivity index (χ2v) is 2.71. The van der Waals surface area contributed by atoms with Crippen LogP contribution in [0.4, 0.5) is 5.69 Å². The van der Waals surface area contributed by atoms with Gasteiger partial charge < -0.3 is 10.8 Å². The molecule has 4 nitrogen and oxygen atoms in total. The van der Waals surface area contributed by atoms with E-state index in [-0.39, 0.29) is 17.7 Å². The molecule has 0 saturated heterocycles. The number of hydrogen-bond donors (Lipinski definition) is 2. The zero-order valence-corrected chi connectivity index (χ0v) is 7.82. The van der Waals surface area contributed by atoms with E-state index in [2.05, 4.69) is 11.8 Å². The van der Waals surface area contributed by atoms with Gasteiger partial charge >= 0.3 is 5.97 Å². The predicted octanol–water partition coefficient (Wildman–Crippen LogP) is 1.23. The SMILES string of the molecule is N#CCC#Cc1cccc(N)c1C(=O)O. The first-order valence-corrected chi connectivity index (χ1v) is 4.14. The Kier molecular flexibility index (Phi) is 3.32. The highest BCUT2D eigenvalue weighted by Crippen LogP contribution is 2.15. The van der Waals surface area contributed by atoms with Crippen molar-refractivity contribution in [1.82, 2.24) is 0 Å². The maximum Gasteiger partial charge on any atom is 0.339 e. The van der Waals surface area contributed by atoms with E-state index in [1.165, 1.54) is 6.07 Å². The second-order valence-electron chi connectivity index (χ2n) is 2.71. The summed E-state index contributed by atoms with van der Waals surface area (Å²) in [5.74, 6) is 4.03. The van der Waals surface area contributed by atoms with Crippen LogP contribution in [-0.4, -0.2) is 11.1 Å². The van der Waals surface area contributed by atoms with Gasteiger partial charge in [-0.3, -0.25) is 0 Å². The summed E-state index contributed by atoms with van der Waals surface area (Å²) in [4.78, 5) is 10.9. The van der Waals surface area contributed by atoms with Crippen molar-refractivity contribution in [3.8, 4) is 17.9 Å². The summed E-state index contributed by atoms with van der Waals surface area (Å²) < 4.78 is 0. The van der Waals surface area contributed by atoms with Crippen molar-refractivity contribution in [2.24, 2.45) is 0 Å². The highest BCUT2D eigenvalue weighted by atomic mass is 16.4. The van der Waals surface area contributed by atoms with Gasteiger partial charge in [-0.2, -0.15) is 5.26 Å². The minimum Gasteiger partial charge on any atom is -0.478 e. The van der Waals surface area contributed by atoms with E-state index in [4.69, 9.17) is 16.1 Å². The molecule has 0 aliphatic rings. The average Bonchev–Trinajstić information content (AvgIpc) is 2.17. The van der Waals surface area contributed by atoms with Gasteiger partial charge in [-0.25, -0.2) is 4.79 Å². The third-order valence-corrected chi connectivity index (χ3v) is 1.70. The Morgan fingerprint density at radius 2 is 2.27 bits per heavy atom. The fraction of sp³-hybridized carbons (Fsp3) is 0.0909. The molecule has 0 unspecified atom stereocenters. The Hall–Kier alpha value is -2.46. The molecular weight excluding hydrogens is 192 g/mol. The number of carboxylic acids is 1. The number of aromatic carboxylic acids is 1. The van der Waals surface area contributed by atoms with Gasteiger partial charge in [-0.05, 0) is 12.1 Å². The van der Waals surface area contributed by atoms with Crippen molar-refractivity contribution in [1.29, 1.82) is 5.26 Å². The molecule has 0 fully saturated rings. The maximum atomic E-state index is 10.9. The molecule has 0 atom stereocenters. The first-order valence-electron chi connectivity index (χ1n) is 4.14. The van der Waals surface area contributed by atoms with Crippen LogP contribution in [0.3, 0.4) is 0 Å². The smallest absolute Gasteiger partial charge is 0.339 e. The van der Waals surface area contributed by atoms with E-state index >= 15 is 0 Å². The summed E-state index contributed by atoms with van der Waals surface area (Å²) in [6.07, 6.45) is 0.0634. The minimum atomic E-state index is -1.12. The minimum absolute atomic E-state index is 0.0112. The number of hydrogen-bond acceptors (Lipinski definition) is 3. The van der Waals surface area contributed by atoms with Crippen molar-refractivity contribution in [2.45, 2.75) is 6.42 Å². The van der Waals surface area contributed by atoms with Gasteiger partial charge in [0.15, 0.2) is 0 Å². The Labute approximate surface area is 86.9 Å². The summed E-state index contributed by atoms with van der Waals surface area (Å²) in [6.45, 7) is 0. The van der Waals surface area contributed by atoms with Crippen LogP contribution in [0, 0.1) is 23.2 Å². The quantitative estimate of drug-likeness (QED) is 0.527. The van der Waals surface area contributed by atoms with Crippen molar-refractivity contribution in [3.63, 3.8) is 0 Å². The summed E-state index contributed by atoms with van der Waals surface area (Å²) in [7, 11) is 0. The lowest BCUT2D eigenvalue weighted by Gasteiger charge is -2.02. The molecule has 0 aromatic heterocycles. The third-order valence-electron chi connectivity index (χ3n) is 1.70. The molecule has 0 saturated carbocycles. The highest BCUT2D eigenvalue weighted by molar-refractivity contribution is 5.96. The number of nitrogens with zero attached hydrogens (tertiary/aromatic N) is 1. The molecule has 0 amide bonds. The summed E-state index contributed by atoms with van der Waals surface area (Å²) >= 11 is 0. The summed E-state index contributed by atoms with van der Waals surface area (Å²) in [5, 5.41) is 17.2. The molecule has 0 heterocycles. The number of nitrogen functional groups attached to an aromatic ring is 1. The van der Waals surface area contributed by atoms with Crippen LogP contribution in [0.25, 0.3) is 0 Å². The lowest BCUT2D eigenvalue weighted by molar-refractivity contribution is 0.0698. The molecule has 4 heteroatoms. The molecular formula is C11H8N2O2. The lowest BCUT2D eigenvalue weighted by Crippen LogP contribution is -2.04. The molecule has 3 N–H and O–H groups in total. The van der Waals surface area contributed by atoms with Gasteiger partial charge in [0.1, 0.15) is 0 Å². The van der Waals surface area contributed by atoms with Gasteiger partial charge in [0.25, 0.3) is 0 Å². The van der Waals surface area contributed by atoms with Crippen LogP contribution in [-0.2, 0) is 0 Å². The summed E-state index contributed by atoms with van der Waals surface area (Å²) in [5.41, 5.74) is 6.01. The van der Waals surface area contributed by atoms with Gasteiger partial charge in [-0.1, -0.05) is 17.9 Å². The van der Waals surface area contributed by atoms with E-state index in [0.29, 0.717) is 5.56 Å². The third kappa shape index (κ3) is 2.49. The van der Waals surface area contributed by atoms with Crippen LogP contribution >= 0.6 is 0 Å². The zero-order chi connectivity index (χ0) is 11.3. The van der Waals surface area contributed by atoms with Crippen LogP contribution in [0.15, 0.2) is 18.2 Å². The predicted molar refractivity (Wildman–Crippen MR) is 54.9 cm³/mol. The Morgan fingerprint density at radius 3 is 2.87 bits per heavy atom. The number of nitriles is 1. The maximum absolute atomic E-state index is 10.9. The summed E-state index contributed by atoms with van der Waals surface area (Å²) in [6, 6.07) is 6.53. The number of carboxylic acid groups (broad SMARTS) is 1. The van der Waals surface area contributed by atoms with Gasteiger partial charge in [0.2, 0.25) is 0 Å². The largest absolute Gasteiger partial charge is 0.478 e. The van der Waals surface area contributed by atoms with Crippen LogP contribution in [0.2, 0.25) is 0 Å². The highest BCUT2D eigenvalue weighted by Gasteiger charge is 2.11. The molecule has 74 valence electrons. The Balaban J connectivity index is 3.21. The monoisotopic (exact) mass is 200 g/mol. The van der Waals surface area contributed by atoms with Crippen LogP contribution in [0.5, 0.6) is 0 Å². The number of rotatable bonds is 1. The average molecular weight is 200 g/mol. The van der Waals surface area contributed by atoms with Gasteiger partial charge in [0.05, 0.1) is 18.1 Å². The Morgan fingerprint density at radius 1 is 1.53 bits per heavy atom. The van der Waals surface area contributed by atoms with Crippen molar-refractivity contribution < 1.29 is 9.90 Å². The first kappa shape index (κ1) is 10.6. The molecule has 1 aromatic carbocycles. The van der Waals surface area contributed by atoms with Crippen LogP contribution < -0.4 is 5.73 Å². The van der Waals surface area contributed by atoms with E-state index in [1.807, 2.05) is 6.07 Å². The second kappa shape index (κ2) is 4.69. The van der Waals surface area contributed by atoms with Crippen molar-refractivity contribution in [2.75, 3.05) is 5.73 Å². The van der Waals surface area contributed by atoms with E-state index in [9.17, 15) is 4.79 Å². The van der Waals surface area contributed by atoms with Crippen molar-refractivity contribution in [3.05, 3.63) is 29.3 Å². The number of benzene rings is 1. The topological polar surface area (TPSA) is 87.1 Å². The molecule has 0 bridgehead atoms. The molecule has 0 radical (unpaired) electrons. The lowest BCUT2D eigenvalue weighted by atomic mass is 10.1. The number of anilines is 1. The standard InChI is InChI=1S/C11H8N2O2/c12-7-2-1-4-8-5-3-6-9(13)10(8)11(14)15/h3,5-6H,2,13H2,(H,14,15). The van der Waals surface area contributed by atoms with Gasteiger partial charge in [0, 0.05) is 11.3 Å². The molecule has 15 heavy (non-hydrogen) atoms. The normalized spacial score (nSPS) is 8.47. The Bertz CT molecular complexity index is 490. The van der Waals surface area contributed by atoms with Crippen molar-refractivity contribution >= 4 is 11.7 Å². The molecule has 1 rings (SSSR count). The first-order chi connectivity index (χ1) is 7.16. The van der Waals surface area contributed by atoms with E-state index in [1.54, 1.807) is 12.1 Å². The molecule has 0 spiro atoms. The fourth-order valence-electron chi connectivity index (χ4n) is 1.09. The van der Waals surface area contributed by atoms with Crippen LogP contribution in [0.1, 0.15) is 22.3 Å². The fourth-order valence-corrected chi connectivity index (χ4v) is 1.09. The van der Waals surface area contributed by atoms with E-state index in [0.717, 1.165) is 0 Å². The molecule has 1 aromatic rings. The van der Waals surface area contributed by atoms with Gasteiger partial charge in [-0.15, -0.1) is 0 Å². The number of nitrogens with two attached hydrogens (primary N) is 1. The molecule has 0 aliphatic heterocycles. The zero-order valence-electron chi connectivity index (χ0n) is 7.82.